The molecule has 1 aromatic rings. The van der Waals surface area contributed by atoms with Gasteiger partial charge in [-0.2, -0.15) is 47.9 Å². The maximum atomic E-state index is 13.1. The van der Waals surface area contributed by atoms with Gasteiger partial charge in [-0.25, -0.2) is 0 Å². The molecular weight excluding hydrogens is 363 g/mol. The topological polar surface area (TPSA) is 56.5 Å². The third-order valence-corrected chi connectivity index (χ3v) is 3.43. The summed E-state index contributed by atoms with van der Waals surface area (Å²) < 4.78 is 142. The third kappa shape index (κ3) is 2.59. The predicted octanol–water partition coefficient (Wildman–Crippen LogP) is 3.41. The molecule has 1 aromatic heterocycles. The van der Waals surface area contributed by atoms with Crippen LogP contribution in [0.1, 0.15) is 0 Å². The van der Waals surface area contributed by atoms with Gasteiger partial charge in [0.1, 0.15) is 6.26 Å². The molecule has 0 bridgehead atoms. The van der Waals surface area contributed by atoms with Gasteiger partial charge in [-0.05, 0) is 0 Å². The highest BCUT2D eigenvalue weighted by atomic mass is 32.2. The van der Waals surface area contributed by atoms with Gasteiger partial charge in [0.25, 0.3) is 0 Å². The molecule has 0 aliphatic rings. The van der Waals surface area contributed by atoms with Gasteiger partial charge in [0.15, 0.2) is 5.75 Å². The highest BCUT2D eigenvalue weighted by molar-refractivity contribution is 7.88. The Hall–Kier alpha value is -1.60. The molecule has 0 aliphatic carbocycles. The van der Waals surface area contributed by atoms with E-state index in [0.29, 0.717) is 18.6 Å². The van der Waals surface area contributed by atoms with Crippen LogP contribution in [0.2, 0.25) is 0 Å². The van der Waals surface area contributed by atoms with Crippen LogP contribution in [0.5, 0.6) is 5.75 Å². The van der Waals surface area contributed by atoms with Crippen LogP contribution in [0.4, 0.5) is 39.5 Å². The number of furan rings is 1. The smallest absolute Gasteiger partial charge is 0.460 e. The lowest BCUT2D eigenvalue weighted by Gasteiger charge is -2.32. The first-order valence-corrected chi connectivity index (χ1v) is 6.15. The molecule has 0 amide bonds. The molecule has 0 N–H and O–H groups in total. The minimum Gasteiger partial charge on any atom is -0.469 e. The van der Waals surface area contributed by atoms with Gasteiger partial charge in [-0.15, -0.1) is 0 Å². The van der Waals surface area contributed by atoms with Crippen LogP contribution in [-0.4, -0.2) is 31.7 Å². The van der Waals surface area contributed by atoms with E-state index in [2.05, 4.69) is 8.60 Å². The number of hydrogen-bond donors (Lipinski definition) is 0. The van der Waals surface area contributed by atoms with Crippen molar-refractivity contribution in [2.45, 2.75) is 23.3 Å². The second-order valence-electron chi connectivity index (χ2n) is 3.66. The van der Waals surface area contributed by atoms with Crippen molar-refractivity contribution in [1.29, 1.82) is 0 Å². The standard InChI is InChI=1S/C8H3F9O4S/c9-5(10,7(13,14)15)6(11,12)8(16,17)22(18,19)21-4-1-2-20-3-4/h1-3H. The second-order valence-corrected chi connectivity index (χ2v) is 5.25. The van der Waals surface area contributed by atoms with Crippen molar-refractivity contribution in [3.8, 4) is 5.75 Å². The summed E-state index contributed by atoms with van der Waals surface area (Å²) in [7, 11) is -6.91. The Morgan fingerprint density at radius 1 is 0.909 bits per heavy atom. The molecule has 14 heteroatoms. The molecule has 0 saturated carbocycles. The average Bonchev–Trinajstić information content (AvgIpc) is 2.78. The molecule has 0 saturated heterocycles. The molecule has 0 spiro atoms. The van der Waals surface area contributed by atoms with Crippen molar-refractivity contribution in [2.24, 2.45) is 0 Å². The summed E-state index contributed by atoms with van der Waals surface area (Å²) in [5, 5.41) is -6.89. The van der Waals surface area contributed by atoms with E-state index < -0.39 is 39.1 Å². The maximum Gasteiger partial charge on any atom is 0.460 e. The van der Waals surface area contributed by atoms with Gasteiger partial charge in [0, 0.05) is 6.07 Å². The van der Waals surface area contributed by atoms with Crippen LogP contribution in [0.3, 0.4) is 0 Å². The molecular formula is C8H3F9O4S. The van der Waals surface area contributed by atoms with Crippen LogP contribution in [0.15, 0.2) is 23.0 Å². The average molecular weight is 366 g/mol. The fraction of sp³-hybridized carbons (Fsp3) is 0.500. The summed E-state index contributed by atoms with van der Waals surface area (Å²) in [4.78, 5) is 0. The number of halogens is 9. The molecule has 1 heterocycles. The van der Waals surface area contributed by atoms with Crippen molar-refractivity contribution in [2.75, 3.05) is 0 Å². The summed E-state index contributed by atoms with van der Waals surface area (Å²) in [6, 6.07) is 0.508. The van der Waals surface area contributed by atoms with Crippen LogP contribution < -0.4 is 4.18 Å². The predicted molar refractivity (Wildman–Crippen MR) is 49.2 cm³/mol. The summed E-state index contributed by atoms with van der Waals surface area (Å²) >= 11 is 0. The summed E-state index contributed by atoms with van der Waals surface area (Å²) in [6.45, 7) is 0. The zero-order valence-electron chi connectivity index (χ0n) is 9.67. The fourth-order valence-corrected chi connectivity index (χ4v) is 1.89. The first-order valence-electron chi connectivity index (χ1n) is 4.74. The third-order valence-electron chi connectivity index (χ3n) is 2.13. The van der Waals surface area contributed by atoms with Gasteiger partial charge in [0.05, 0.1) is 6.26 Å². The van der Waals surface area contributed by atoms with Crippen molar-refractivity contribution in [3.63, 3.8) is 0 Å². The van der Waals surface area contributed by atoms with Gasteiger partial charge >= 0.3 is 33.4 Å². The van der Waals surface area contributed by atoms with Gasteiger partial charge < -0.3 is 8.60 Å². The van der Waals surface area contributed by atoms with E-state index in [1.807, 2.05) is 0 Å². The lowest BCUT2D eigenvalue weighted by molar-refractivity contribution is -0.382. The van der Waals surface area contributed by atoms with E-state index in [0.717, 1.165) is 0 Å². The van der Waals surface area contributed by atoms with E-state index in [9.17, 15) is 47.9 Å². The Labute approximate surface area is 115 Å². The van der Waals surface area contributed by atoms with Gasteiger partial charge in [-0.3, -0.25) is 0 Å². The first-order chi connectivity index (χ1) is 9.58. The first kappa shape index (κ1) is 18.4. The van der Waals surface area contributed by atoms with E-state index >= 15 is 0 Å². The van der Waals surface area contributed by atoms with E-state index in [4.69, 9.17) is 0 Å². The number of hydrogen-bond acceptors (Lipinski definition) is 4. The zero-order valence-corrected chi connectivity index (χ0v) is 10.5. The van der Waals surface area contributed by atoms with E-state index in [-0.39, 0.29) is 0 Å². The molecule has 128 valence electrons. The Kier molecular flexibility index (Phi) is 4.16. The molecule has 0 radical (unpaired) electrons. The summed E-state index contributed by atoms with van der Waals surface area (Å²) in [5.74, 6) is -15.8. The SMILES string of the molecule is O=S(=O)(Oc1ccoc1)C(F)(F)C(F)(F)C(F)(F)C(F)(F)F. The molecule has 4 nitrogen and oxygen atoms in total. The van der Waals surface area contributed by atoms with Crippen molar-refractivity contribution >= 4 is 10.1 Å². The molecule has 0 aliphatic heterocycles. The van der Waals surface area contributed by atoms with Crippen LogP contribution in [0.25, 0.3) is 0 Å². The van der Waals surface area contributed by atoms with Crippen molar-refractivity contribution < 1.29 is 56.5 Å². The molecule has 22 heavy (non-hydrogen) atoms. The minimum atomic E-state index is -7.34. The molecule has 0 atom stereocenters. The Morgan fingerprint density at radius 3 is 1.77 bits per heavy atom. The van der Waals surface area contributed by atoms with Crippen LogP contribution in [0, 0.1) is 0 Å². The van der Waals surface area contributed by atoms with Crippen molar-refractivity contribution in [3.05, 3.63) is 18.6 Å². The zero-order chi connectivity index (χ0) is 17.6. The Bertz CT molecular complexity index is 617. The largest absolute Gasteiger partial charge is 0.469 e. The number of alkyl halides is 9. The quantitative estimate of drug-likeness (QED) is 0.592. The van der Waals surface area contributed by atoms with E-state index in [1.54, 1.807) is 0 Å². The lowest BCUT2D eigenvalue weighted by Crippen LogP contribution is -2.63. The van der Waals surface area contributed by atoms with Crippen LogP contribution >= 0.6 is 0 Å². The van der Waals surface area contributed by atoms with Gasteiger partial charge in [-0.1, -0.05) is 0 Å². The molecule has 0 unspecified atom stereocenters. The highest BCUT2D eigenvalue weighted by Gasteiger charge is 2.86. The second kappa shape index (κ2) is 4.96. The summed E-state index contributed by atoms with van der Waals surface area (Å²) in [6.07, 6.45) is -6.20. The fourth-order valence-electron chi connectivity index (χ4n) is 0.996. The molecule has 0 fully saturated rings. The highest BCUT2D eigenvalue weighted by Crippen LogP contribution is 2.54. The molecule has 1 rings (SSSR count). The summed E-state index contributed by atoms with van der Waals surface area (Å²) in [5.41, 5.74) is 0. The monoisotopic (exact) mass is 366 g/mol. The van der Waals surface area contributed by atoms with Crippen molar-refractivity contribution in [1.82, 2.24) is 0 Å². The van der Waals surface area contributed by atoms with Crippen LogP contribution in [-0.2, 0) is 10.1 Å². The van der Waals surface area contributed by atoms with Gasteiger partial charge in [0.2, 0.25) is 0 Å². The molecule has 0 aromatic carbocycles. The normalized spacial score (nSPS) is 15.0. The number of rotatable bonds is 5. The van der Waals surface area contributed by atoms with E-state index in [1.165, 1.54) is 0 Å². The minimum absolute atomic E-state index is 0.299. The Balaban J connectivity index is 3.32. The maximum absolute atomic E-state index is 13.1. The Morgan fingerprint density at radius 2 is 1.41 bits per heavy atom. The lowest BCUT2D eigenvalue weighted by atomic mass is 10.1.